The van der Waals surface area contributed by atoms with Crippen LogP contribution in [-0.2, 0) is 0 Å². The molecule has 0 atom stereocenters. The molecule has 0 aliphatic heterocycles. The zero-order valence-corrected chi connectivity index (χ0v) is 11.7. The number of aromatic nitrogens is 2. The van der Waals surface area contributed by atoms with Gasteiger partial charge in [-0.05, 0) is 24.3 Å². The van der Waals surface area contributed by atoms with E-state index in [9.17, 15) is 9.18 Å². The Bertz CT molecular complexity index is 781. The Morgan fingerprint density at radius 2 is 2.05 bits per heavy atom. The maximum absolute atomic E-state index is 13.8. The second kappa shape index (κ2) is 5.19. The number of para-hydroxylation sites is 1. The van der Waals surface area contributed by atoms with Gasteiger partial charge in [0.1, 0.15) is 17.2 Å². The smallest absolute Gasteiger partial charge is 0.153 e. The lowest BCUT2D eigenvalue weighted by atomic mass is 10.2. The van der Waals surface area contributed by atoms with Gasteiger partial charge in [0.25, 0.3) is 0 Å². The van der Waals surface area contributed by atoms with Gasteiger partial charge in [-0.2, -0.15) is 5.10 Å². The molecule has 20 heavy (non-hydrogen) atoms. The van der Waals surface area contributed by atoms with E-state index in [-0.39, 0.29) is 0 Å². The first-order valence-electron chi connectivity index (χ1n) is 5.74. The molecule has 0 spiro atoms. The van der Waals surface area contributed by atoms with Crippen LogP contribution >= 0.6 is 22.9 Å². The molecule has 0 fully saturated rings. The van der Waals surface area contributed by atoms with Crippen LogP contribution in [0.4, 0.5) is 4.39 Å². The number of halogens is 2. The number of hydrogen-bond donors (Lipinski definition) is 0. The summed E-state index contributed by atoms with van der Waals surface area (Å²) in [6, 6.07) is 9.78. The summed E-state index contributed by atoms with van der Waals surface area (Å²) >= 11 is 7.21. The van der Waals surface area contributed by atoms with E-state index in [0.717, 1.165) is 4.88 Å². The molecule has 0 saturated heterocycles. The van der Waals surface area contributed by atoms with Crippen LogP contribution in [0.3, 0.4) is 0 Å². The van der Waals surface area contributed by atoms with E-state index in [1.54, 1.807) is 30.3 Å². The van der Waals surface area contributed by atoms with E-state index >= 15 is 0 Å². The first kappa shape index (κ1) is 13.0. The highest BCUT2D eigenvalue weighted by Crippen LogP contribution is 2.32. The minimum atomic E-state index is -0.400. The van der Waals surface area contributed by atoms with Crippen LogP contribution < -0.4 is 0 Å². The van der Waals surface area contributed by atoms with Crippen molar-refractivity contribution < 1.29 is 9.18 Å². The number of hydrogen-bond acceptors (Lipinski definition) is 3. The van der Waals surface area contributed by atoms with Crippen LogP contribution in [0.5, 0.6) is 0 Å². The molecule has 0 amide bonds. The molecule has 6 heteroatoms. The zero-order chi connectivity index (χ0) is 14.1. The van der Waals surface area contributed by atoms with E-state index in [0.29, 0.717) is 27.6 Å². The normalized spacial score (nSPS) is 10.7. The zero-order valence-electron chi connectivity index (χ0n) is 10.1. The number of nitrogens with zero attached hydrogens (tertiary/aromatic N) is 2. The molecule has 0 saturated carbocycles. The van der Waals surface area contributed by atoms with E-state index < -0.39 is 5.82 Å². The molecule has 2 heterocycles. The highest BCUT2D eigenvalue weighted by atomic mass is 35.5. The van der Waals surface area contributed by atoms with Crippen molar-refractivity contribution >= 4 is 29.2 Å². The van der Waals surface area contributed by atoms with Gasteiger partial charge in [-0.25, -0.2) is 9.07 Å². The Kier molecular flexibility index (Phi) is 3.38. The Morgan fingerprint density at radius 1 is 1.25 bits per heavy atom. The van der Waals surface area contributed by atoms with E-state index in [1.807, 2.05) is 0 Å². The van der Waals surface area contributed by atoms with Gasteiger partial charge in [0.15, 0.2) is 6.29 Å². The van der Waals surface area contributed by atoms with Crippen LogP contribution in [0, 0.1) is 5.82 Å². The molecule has 0 unspecified atom stereocenters. The van der Waals surface area contributed by atoms with Crippen LogP contribution in [0.1, 0.15) is 10.4 Å². The van der Waals surface area contributed by atoms with Gasteiger partial charge in [0.05, 0.1) is 14.8 Å². The summed E-state index contributed by atoms with van der Waals surface area (Å²) in [5.41, 5.74) is 1.19. The van der Waals surface area contributed by atoms with Gasteiger partial charge in [-0.1, -0.05) is 23.7 Å². The lowest BCUT2D eigenvalue weighted by Crippen LogP contribution is -1.97. The highest BCUT2D eigenvalue weighted by molar-refractivity contribution is 7.19. The molecule has 0 bridgehead atoms. The Balaban J connectivity index is 2.14. The fraction of sp³-hybridized carbons (Fsp3) is 0. The molecule has 3 rings (SSSR count). The molecule has 0 N–H and O–H groups in total. The second-order valence-electron chi connectivity index (χ2n) is 4.05. The van der Waals surface area contributed by atoms with Gasteiger partial charge < -0.3 is 0 Å². The topological polar surface area (TPSA) is 34.9 Å². The molecule has 0 aliphatic rings. The third-order valence-corrected chi connectivity index (χ3v) is 4.01. The van der Waals surface area contributed by atoms with E-state index in [2.05, 4.69) is 5.10 Å². The second-order valence-corrected chi connectivity index (χ2v) is 5.77. The average molecular weight is 307 g/mol. The molecular weight excluding hydrogens is 299 g/mol. The number of aldehydes is 1. The number of carbonyl (C=O) groups excluding carboxylic acids is 1. The minimum absolute atomic E-state index is 0.296. The first-order chi connectivity index (χ1) is 9.69. The van der Waals surface area contributed by atoms with Crippen molar-refractivity contribution in [3.63, 3.8) is 0 Å². The van der Waals surface area contributed by atoms with Crippen molar-refractivity contribution in [3.05, 3.63) is 58.3 Å². The summed E-state index contributed by atoms with van der Waals surface area (Å²) in [4.78, 5) is 11.9. The molecule has 3 nitrogen and oxygen atoms in total. The third kappa shape index (κ3) is 2.26. The lowest BCUT2D eigenvalue weighted by Gasteiger charge is -2.01. The van der Waals surface area contributed by atoms with Crippen molar-refractivity contribution in [2.24, 2.45) is 0 Å². The Labute approximate surface area is 123 Å². The first-order valence-corrected chi connectivity index (χ1v) is 6.94. The molecule has 2 aromatic heterocycles. The van der Waals surface area contributed by atoms with E-state index in [1.165, 1.54) is 28.3 Å². The predicted octanol–water partition coefficient (Wildman–Crippen LogP) is 4.21. The molecule has 3 aromatic rings. The average Bonchev–Trinajstić information content (AvgIpc) is 3.05. The largest absolute Gasteiger partial charge is 0.298 e. The summed E-state index contributed by atoms with van der Waals surface area (Å²) < 4.78 is 15.7. The number of thiophene rings is 1. The van der Waals surface area contributed by atoms with Crippen molar-refractivity contribution in [3.8, 4) is 16.3 Å². The van der Waals surface area contributed by atoms with E-state index in [4.69, 9.17) is 11.6 Å². The fourth-order valence-electron chi connectivity index (χ4n) is 1.87. The van der Waals surface area contributed by atoms with Gasteiger partial charge >= 0.3 is 0 Å². The lowest BCUT2D eigenvalue weighted by molar-refractivity contribution is 0.112. The summed E-state index contributed by atoms with van der Waals surface area (Å²) in [6.45, 7) is 0. The Morgan fingerprint density at radius 3 is 2.70 bits per heavy atom. The summed E-state index contributed by atoms with van der Waals surface area (Å²) in [5.74, 6) is -0.400. The fourth-order valence-corrected chi connectivity index (χ4v) is 2.92. The van der Waals surface area contributed by atoms with Crippen LogP contribution in [-0.4, -0.2) is 16.1 Å². The SMILES string of the molecule is O=Cc1cn(-c2ccccc2F)nc1-c1ccc(Cl)s1. The van der Waals surface area contributed by atoms with Crippen molar-refractivity contribution in [2.45, 2.75) is 0 Å². The van der Waals surface area contributed by atoms with Crippen molar-refractivity contribution in [1.82, 2.24) is 9.78 Å². The van der Waals surface area contributed by atoms with Crippen LogP contribution in [0.15, 0.2) is 42.6 Å². The summed E-state index contributed by atoms with van der Waals surface area (Å²) in [6.07, 6.45) is 2.21. The molecule has 100 valence electrons. The minimum Gasteiger partial charge on any atom is -0.298 e. The van der Waals surface area contributed by atoms with Crippen molar-refractivity contribution in [1.29, 1.82) is 0 Å². The Hall–Kier alpha value is -1.98. The standard InChI is InChI=1S/C14H8ClFN2OS/c15-13-6-5-12(20-13)14-9(8-19)7-18(17-14)11-4-2-1-3-10(11)16/h1-8H. The maximum atomic E-state index is 13.8. The highest BCUT2D eigenvalue weighted by Gasteiger charge is 2.15. The number of carbonyl (C=O) groups is 1. The van der Waals surface area contributed by atoms with Crippen LogP contribution in [0.25, 0.3) is 16.3 Å². The molecule has 0 radical (unpaired) electrons. The predicted molar refractivity (Wildman–Crippen MR) is 77.2 cm³/mol. The van der Waals surface area contributed by atoms with Gasteiger partial charge in [0, 0.05) is 6.20 Å². The third-order valence-electron chi connectivity index (χ3n) is 2.78. The van der Waals surface area contributed by atoms with Gasteiger partial charge in [-0.15, -0.1) is 11.3 Å². The maximum Gasteiger partial charge on any atom is 0.153 e. The molecule has 0 aliphatic carbocycles. The quantitative estimate of drug-likeness (QED) is 0.680. The monoisotopic (exact) mass is 306 g/mol. The van der Waals surface area contributed by atoms with Gasteiger partial charge in [0.2, 0.25) is 0 Å². The number of rotatable bonds is 3. The molecule has 1 aromatic carbocycles. The van der Waals surface area contributed by atoms with Crippen LogP contribution in [0.2, 0.25) is 4.34 Å². The molecular formula is C14H8ClFN2OS. The number of benzene rings is 1. The van der Waals surface area contributed by atoms with Crippen molar-refractivity contribution in [2.75, 3.05) is 0 Å². The summed E-state index contributed by atoms with van der Waals surface area (Å²) in [7, 11) is 0. The van der Waals surface area contributed by atoms with Gasteiger partial charge in [-0.3, -0.25) is 4.79 Å². The summed E-state index contributed by atoms with van der Waals surface area (Å²) in [5, 5.41) is 4.29.